The molecule has 0 aliphatic heterocycles. The summed E-state index contributed by atoms with van der Waals surface area (Å²) in [5.74, 6) is -0.177. The molecule has 2 aliphatic rings. The smallest absolute Gasteiger partial charge is 0.240 e. The number of hydrogen-bond donors (Lipinski definition) is 1. The first-order valence-corrected chi connectivity index (χ1v) is 8.89. The average molecular weight is 344 g/mol. The summed E-state index contributed by atoms with van der Waals surface area (Å²) in [5.41, 5.74) is 4.39. The van der Waals surface area contributed by atoms with Crippen molar-refractivity contribution in [2.75, 3.05) is 0 Å². The van der Waals surface area contributed by atoms with E-state index >= 15 is 0 Å². The lowest BCUT2D eigenvalue weighted by Gasteiger charge is -2.34. The molecule has 0 spiro atoms. The first kappa shape index (κ1) is 17.8. The molecule has 1 amide bonds. The first-order valence-electron chi connectivity index (χ1n) is 8.89. The van der Waals surface area contributed by atoms with Gasteiger partial charge >= 0.3 is 0 Å². The van der Waals surface area contributed by atoms with Crippen LogP contribution >= 0.6 is 0 Å². The summed E-state index contributed by atoms with van der Waals surface area (Å²) in [4.78, 5) is 24.1. The molecular weight excluding hydrogens is 319 g/mol. The van der Waals surface area contributed by atoms with Gasteiger partial charge in [-0.15, -0.1) is 0 Å². The van der Waals surface area contributed by atoms with Crippen molar-refractivity contribution in [3.8, 4) is 0 Å². The fourth-order valence-electron chi connectivity index (χ4n) is 4.29. The topological polar surface area (TPSA) is 58.5 Å². The molecule has 0 heterocycles. The molecule has 0 unspecified atom stereocenters. The Labute approximate surface area is 147 Å². The van der Waals surface area contributed by atoms with Crippen LogP contribution in [0.2, 0.25) is 0 Å². The van der Waals surface area contributed by atoms with Gasteiger partial charge in [-0.25, -0.2) is 9.82 Å². The van der Waals surface area contributed by atoms with Crippen molar-refractivity contribution in [1.82, 2.24) is 5.43 Å². The zero-order valence-electron chi connectivity index (χ0n) is 15.1. The van der Waals surface area contributed by atoms with E-state index in [9.17, 15) is 14.0 Å². The Bertz CT molecular complexity index is 724. The van der Waals surface area contributed by atoms with E-state index in [4.69, 9.17) is 0 Å². The number of nitrogens with zero attached hydrogens (tertiary/aromatic N) is 1. The number of carbonyl (C=O) groups excluding carboxylic acids is 2. The first-order chi connectivity index (χ1) is 11.7. The Balaban J connectivity index is 1.54. The lowest BCUT2D eigenvalue weighted by molar-refractivity contribution is -0.121. The van der Waals surface area contributed by atoms with Crippen molar-refractivity contribution in [2.24, 2.45) is 21.8 Å². The van der Waals surface area contributed by atoms with Crippen molar-refractivity contribution >= 4 is 17.4 Å². The number of benzene rings is 1. The van der Waals surface area contributed by atoms with Crippen LogP contribution in [0.3, 0.4) is 0 Å². The highest BCUT2D eigenvalue weighted by molar-refractivity contribution is 5.98. The van der Waals surface area contributed by atoms with Crippen LogP contribution in [0.25, 0.3) is 0 Å². The average Bonchev–Trinajstić information content (AvgIpc) is 2.91. The third-order valence-electron chi connectivity index (χ3n) is 6.57. The molecule has 1 N–H and O–H groups in total. The molecule has 2 aliphatic carbocycles. The number of rotatable bonds is 5. The Morgan fingerprint density at radius 2 is 1.88 bits per heavy atom. The maximum absolute atomic E-state index is 12.9. The SMILES string of the molecule is CC1(C)[C@@H]2CC[C@@]1(C)/C(=N/NC(=O)CCC(=O)c1ccc(F)cc1)C2. The zero-order valence-corrected chi connectivity index (χ0v) is 15.1. The van der Waals surface area contributed by atoms with Crippen LogP contribution in [-0.2, 0) is 4.79 Å². The van der Waals surface area contributed by atoms with E-state index in [1.165, 1.54) is 30.7 Å². The van der Waals surface area contributed by atoms with Gasteiger partial charge in [-0.05, 0) is 54.9 Å². The van der Waals surface area contributed by atoms with E-state index in [1.807, 2.05) is 0 Å². The molecule has 0 aromatic heterocycles. The number of Topliss-reactive ketones (excluding diaryl/α,β-unsaturated/α-hetero) is 1. The summed E-state index contributed by atoms with van der Waals surface area (Å²) in [5, 5.41) is 4.39. The van der Waals surface area contributed by atoms with Gasteiger partial charge in [0.05, 0.1) is 0 Å². The minimum absolute atomic E-state index is 0.0505. The molecule has 134 valence electrons. The van der Waals surface area contributed by atoms with Gasteiger partial charge in [0.1, 0.15) is 5.82 Å². The summed E-state index contributed by atoms with van der Waals surface area (Å²) in [6.07, 6.45) is 3.45. The second-order valence-corrected chi connectivity index (χ2v) is 8.02. The van der Waals surface area contributed by atoms with Crippen molar-refractivity contribution in [2.45, 2.75) is 52.9 Å². The predicted molar refractivity (Wildman–Crippen MR) is 94.8 cm³/mol. The minimum atomic E-state index is -0.382. The maximum atomic E-state index is 12.9. The van der Waals surface area contributed by atoms with E-state index in [2.05, 4.69) is 31.3 Å². The highest BCUT2D eigenvalue weighted by Crippen LogP contribution is 2.63. The minimum Gasteiger partial charge on any atom is -0.294 e. The summed E-state index contributed by atoms with van der Waals surface area (Å²) in [7, 11) is 0. The van der Waals surface area contributed by atoms with Crippen LogP contribution in [0, 0.1) is 22.6 Å². The summed E-state index contributed by atoms with van der Waals surface area (Å²) in [6.45, 7) is 6.82. The van der Waals surface area contributed by atoms with Crippen LogP contribution in [0.5, 0.6) is 0 Å². The van der Waals surface area contributed by atoms with Crippen molar-refractivity contribution in [3.63, 3.8) is 0 Å². The molecule has 4 nitrogen and oxygen atoms in total. The van der Waals surface area contributed by atoms with E-state index in [0.717, 1.165) is 18.6 Å². The number of amides is 1. The van der Waals surface area contributed by atoms with E-state index in [0.29, 0.717) is 11.5 Å². The molecular formula is C20H25FN2O2. The predicted octanol–water partition coefficient (Wildman–Crippen LogP) is 4.11. The highest BCUT2D eigenvalue weighted by atomic mass is 19.1. The lowest BCUT2D eigenvalue weighted by atomic mass is 9.70. The number of halogens is 1. The standard InChI is InChI=1S/C20H25FN2O2/c1-19(2)14-10-11-20(19,3)17(12-14)22-23-18(25)9-8-16(24)13-4-6-15(21)7-5-13/h4-7,14H,8-12H2,1-3H3,(H,23,25)/b22-17+/t14-,20+/m1/s1. The second kappa shape index (κ2) is 6.36. The quantitative estimate of drug-likeness (QED) is 0.645. The Kier molecular flexibility index (Phi) is 4.52. The van der Waals surface area contributed by atoms with Gasteiger partial charge in [-0.3, -0.25) is 9.59 Å². The third-order valence-corrected chi connectivity index (χ3v) is 6.57. The number of hydrogen-bond acceptors (Lipinski definition) is 3. The molecule has 0 saturated heterocycles. The number of fused-ring (bicyclic) bond motifs is 2. The molecule has 1 aromatic carbocycles. The highest BCUT2D eigenvalue weighted by Gasteiger charge is 2.59. The number of nitrogens with one attached hydrogen (secondary N) is 1. The Hall–Kier alpha value is -2.04. The molecule has 2 bridgehead atoms. The van der Waals surface area contributed by atoms with Crippen molar-refractivity contribution in [3.05, 3.63) is 35.6 Å². The van der Waals surface area contributed by atoms with Crippen molar-refractivity contribution in [1.29, 1.82) is 0 Å². The summed E-state index contributed by atoms with van der Waals surface area (Å²) in [6, 6.07) is 5.37. The molecule has 0 radical (unpaired) electrons. The lowest BCUT2D eigenvalue weighted by Crippen LogP contribution is -2.34. The van der Waals surface area contributed by atoms with Gasteiger partial charge in [0.15, 0.2) is 5.78 Å². The Morgan fingerprint density at radius 1 is 1.20 bits per heavy atom. The molecule has 3 rings (SSSR count). The van der Waals surface area contributed by atoms with Gasteiger partial charge in [0.2, 0.25) is 5.91 Å². The molecule has 5 heteroatoms. The van der Waals surface area contributed by atoms with E-state index in [-0.39, 0.29) is 41.2 Å². The van der Waals surface area contributed by atoms with Crippen LogP contribution in [0.15, 0.2) is 29.4 Å². The largest absolute Gasteiger partial charge is 0.294 e. The fraction of sp³-hybridized carbons (Fsp3) is 0.550. The molecule has 1 aromatic rings. The van der Waals surface area contributed by atoms with Crippen LogP contribution in [0.1, 0.15) is 63.2 Å². The van der Waals surface area contributed by atoms with Gasteiger partial charge in [-0.2, -0.15) is 5.10 Å². The number of carbonyl (C=O) groups is 2. The van der Waals surface area contributed by atoms with E-state index < -0.39 is 0 Å². The Morgan fingerprint density at radius 3 is 2.44 bits per heavy atom. The number of hydrazone groups is 1. The third kappa shape index (κ3) is 3.12. The summed E-state index contributed by atoms with van der Waals surface area (Å²) >= 11 is 0. The van der Waals surface area contributed by atoms with Crippen LogP contribution < -0.4 is 5.43 Å². The van der Waals surface area contributed by atoms with Gasteiger partial charge < -0.3 is 0 Å². The molecule has 25 heavy (non-hydrogen) atoms. The van der Waals surface area contributed by atoms with Crippen LogP contribution in [0.4, 0.5) is 4.39 Å². The monoisotopic (exact) mass is 344 g/mol. The van der Waals surface area contributed by atoms with Gasteiger partial charge in [0.25, 0.3) is 0 Å². The van der Waals surface area contributed by atoms with Crippen LogP contribution in [-0.4, -0.2) is 17.4 Å². The normalized spacial score (nSPS) is 28.3. The van der Waals surface area contributed by atoms with Gasteiger partial charge in [-0.1, -0.05) is 20.8 Å². The van der Waals surface area contributed by atoms with Crippen molar-refractivity contribution < 1.29 is 14.0 Å². The molecule has 2 atom stereocenters. The van der Waals surface area contributed by atoms with E-state index in [1.54, 1.807) is 0 Å². The molecule has 2 saturated carbocycles. The van der Waals surface area contributed by atoms with Gasteiger partial charge in [0, 0.05) is 29.5 Å². The number of ketones is 1. The zero-order chi connectivity index (χ0) is 18.2. The summed E-state index contributed by atoms with van der Waals surface area (Å²) < 4.78 is 12.9. The second-order valence-electron chi connectivity index (χ2n) is 8.02. The molecule has 2 fully saturated rings. The maximum Gasteiger partial charge on any atom is 0.240 e. The fourth-order valence-corrected chi connectivity index (χ4v) is 4.29.